The number of nitriles is 1. The number of ether oxygens (including phenoxy) is 1. The van der Waals surface area contributed by atoms with Gasteiger partial charge in [0, 0.05) is 16.5 Å². The Balaban J connectivity index is 1.59. The number of thiophene rings is 1. The molecule has 7 heteroatoms. The molecular weight excluding hydrogens is 448 g/mol. The molecule has 1 N–H and O–H groups in total. The van der Waals surface area contributed by atoms with Crippen molar-refractivity contribution < 1.29 is 18.7 Å². The van der Waals surface area contributed by atoms with Gasteiger partial charge in [-0.15, -0.1) is 11.3 Å². The molecule has 0 unspecified atom stereocenters. The van der Waals surface area contributed by atoms with Crippen LogP contribution in [0.3, 0.4) is 0 Å². The molecule has 1 aromatic carbocycles. The standard InChI is InChI=1S/C27H26N2O4S/c1-4-32-27(31)24-21-11-7-17(3)13-23(21)34-26(24)29-25(30)19(15-28)14-20-10-12-22(33-20)18-8-5-16(2)6-9-18/h5-6,8-10,12,14,17H,4,7,11,13H2,1-3H3,(H,29,30)/b19-14+/t17-/m0/s1. The quantitative estimate of drug-likeness (QED) is 0.262. The number of aryl methyl sites for hydroxylation is 1. The Morgan fingerprint density at radius 1 is 1.26 bits per heavy atom. The molecule has 0 aliphatic heterocycles. The molecule has 0 spiro atoms. The molecule has 0 radical (unpaired) electrons. The number of esters is 1. The minimum Gasteiger partial charge on any atom is -0.462 e. The van der Waals surface area contributed by atoms with Crippen LogP contribution in [0.2, 0.25) is 0 Å². The number of carbonyl (C=O) groups excluding carboxylic acids is 2. The van der Waals surface area contributed by atoms with Gasteiger partial charge in [-0.25, -0.2) is 4.79 Å². The van der Waals surface area contributed by atoms with Gasteiger partial charge in [0.25, 0.3) is 5.91 Å². The van der Waals surface area contributed by atoms with Crippen molar-refractivity contribution in [3.63, 3.8) is 0 Å². The largest absolute Gasteiger partial charge is 0.462 e. The predicted molar refractivity (Wildman–Crippen MR) is 133 cm³/mol. The second-order valence-electron chi connectivity index (χ2n) is 8.47. The Bertz CT molecular complexity index is 1290. The average molecular weight is 475 g/mol. The van der Waals surface area contributed by atoms with E-state index in [0.717, 1.165) is 40.8 Å². The lowest BCUT2D eigenvalue weighted by Gasteiger charge is -2.18. The van der Waals surface area contributed by atoms with E-state index in [1.807, 2.05) is 37.3 Å². The summed E-state index contributed by atoms with van der Waals surface area (Å²) >= 11 is 1.39. The lowest BCUT2D eigenvalue weighted by atomic mass is 9.88. The second kappa shape index (κ2) is 10.1. The van der Waals surface area contributed by atoms with Crippen molar-refractivity contribution in [2.75, 3.05) is 11.9 Å². The minimum atomic E-state index is -0.590. The Labute approximate surface area is 202 Å². The first kappa shape index (κ1) is 23.5. The molecule has 1 atom stereocenters. The topological polar surface area (TPSA) is 92.3 Å². The number of anilines is 1. The van der Waals surface area contributed by atoms with Gasteiger partial charge in [-0.2, -0.15) is 5.26 Å². The van der Waals surface area contributed by atoms with Crippen molar-refractivity contribution >= 4 is 34.3 Å². The zero-order valence-electron chi connectivity index (χ0n) is 19.4. The molecular formula is C27H26N2O4S. The fraction of sp³-hybridized carbons (Fsp3) is 0.296. The normalized spacial score (nSPS) is 15.4. The molecule has 0 bridgehead atoms. The molecule has 0 saturated carbocycles. The van der Waals surface area contributed by atoms with E-state index in [1.54, 1.807) is 19.1 Å². The Morgan fingerprint density at radius 3 is 2.74 bits per heavy atom. The van der Waals surface area contributed by atoms with Crippen LogP contribution in [-0.4, -0.2) is 18.5 Å². The SMILES string of the molecule is CCOC(=O)c1c(NC(=O)/C(C#N)=C/c2ccc(-c3ccc(C)cc3)o2)sc2c1CC[C@H](C)C2. The number of nitrogens with zero attached hydrogens (tertiary/aromatic N) is 1. The number of hydrogen-bond donors (Lipinski definition) is 1. The predicted octanol–water partition coefficient (Wildman–Crippen LogP) is 6.16. The third-order valence-electron chi connectivity index (χ3n) is 5.83. The van der Waals surface area contributed by atoms with Crippen LogP contribution in [0.25, 0.3) is 17.4 Å². The van der Waals surface area contributed by atoms with Gasteiger partial charge >= 0.3 is 5.97 Å². The molecule has 2 heterocycles. The minimum absolute atomic E-state index is 0.112. The molecule has 0 saturated heterocycles. The molecule has 34 heavy (non-hydrogen) atoms. The molecule has 1 aliphatic rings. The zero-order valence-corrected chi connectivity index (χ0v) is 20.3. The zero-order chi connectivity index (χ0) is 24.2. The van der Waals surface area contributed by atoms with E-state index in [2.05, 4.69) is 12.2 Å². The summed E-state index contributed by atoms with van der Waals surface area (Å²) in [4.78, 5) is 26.8. The van der Waals surface area contributed by atoms with Gasteiger partial charge in [0.1, 0.15) is 28.2 Å². The highest BCUT2D eigenvalue weighted by atomic mass is 32.1. The van der Waals surface area contributed by atoms with E-state index in [0.29, 0.717) is 28.0 Å². The number of amides is 1. The number of carbonyl (C=O) groups is 2. The molecule has 0 fully saturated rings. The molecule has 174 valence electrons. The van der Waals surface area contributed by atoms with Gasteiger partial charge in [0.15, 0.2) is 0 Å². The fourth-order valence-electron chi connectivity index (χ4n) is 4.02. The Morgan fingerprint density at radius 2 is 2.03 bits per heavy atom. The van der Waals surface area contributed by atoms with Crippen LogP contribution in [0.15, 0.2) is 46.4 Å². The summed E-state index contributed by atoms with van der Waals surface area (Å²) in [7, 11) is 0. The highest BCUT2D eigenvalue weighted by Crippen LogP contribution is 2.40. The van der Waals surface area contributed by atoms with Gasteiger partial charge in [0.05, 0.1) is 12.2 Å². The van der Waals surface area contributed by atoms with Crippen molar-refractivity contribution in [3.8, 4) is 17.4 Å². The first-order valence-corrected chi connectivity index (χ1v) is 12.1. The third kappa shape index (κ3) is 4.97. The van der Waals surface area contributed by atoms with Gasteiger partial charge in [0.2, 0.25) is 0 Å². The van der Waals surface area contributed by atoms with Crippen molar-refractivity contribution in [2.24, 2.45) is 5.92 Å². The number of hydrogen-bond acceptors (Lipinski definition) is 6. The number of nitrogens with one attached hydrogen (secondary N) is 1. The second-order valence-corrected chi connectivity index (χ2v) is 9.57. The summed E-state index contributed by atoms with van der Waals surface area (Å²) in [6.07, 6.45) is 4.02. The maximum absolute atomic E-state index is 13.0. The van der Waals surface area contributed by atoms with Crippen molar-refractivity contribution in [2.45, 2.75) is 40.0 Å². The van der Waals surface area contributed by atoms with Crippen LogP contribution >= 0.6 is 11.3 Å². The smallest absolute Gasteiger partial charge is 0.341 e. The summed E-state index contributed by atoms with van der Waals surface area (Å²) in [5.74, 6) is 0.524. The maximum Gasteiger partial charge on any atom is 0.341 e. The molecule has 6 nitrogen and oxygen atoms in total. The van der Waals surface area contributed by atoms with E-state index in [9.17, 15) is 14.9 Å². The van der Waals surface area contributed by atoms with Crippen LogP contribution in [0.1, 0.15) is 52.4 Å². The maximum atomic E-state index is 13.0. The first-order valence-electron chi connectivity index (χ1n) is 11.3. The lowest BCUT2D eigenvalue weighted by Crippen LogP contribution is -2.17. The summed E-state index contributed by atoms with van der Waals surface area (Å²) in [5.41, 5.74) is 3.31. The van der Waals surface area contributed by atoms with Crippen LogP contribution in [0, 0.1) is 24.2 Å². The number of rotatable bonds is 6. The summed E-state index contributed by atoms with van der Waals surface area (Å²) in [6, 6.07) is 13.4. The Hall–Kier alpha value is -3.63. The summed E-state index contributed by atoms with van der Waals surface area (Å²) < 4.78 is 11.1. The summed E-state index contributed by atoms with van der Waals surface area (Å²) in [5, 5.41) is 12.9. The third-order valence-corrected chi connectivity index (χ3v) is 7.00. The van der Waals surface area contributed by atoms with Crippen molar-refractivity contribution in [1.82, 2.24) is 0 Å². The van der Waals surface area contributed by atoms with E-state index < -0.39 is 11.9 Å². The highest BCUT2D eigenvalue weighted by Gasteiger charge is 2.29. The highest BCUT2D eigenvalue weighted by molar-refractivity contribution is 7.17. The Kier molecular flexibility index (Phi) is 6.99. The number of furan rings is 1. The monoisotopic (exact) mass is 474 g/mol. The number of benzene rings is 1. The van der Waals surface area contributed by atoms with Crippen molar-refractivity contribution in [3.05, 3.63) is 69.3 Å². The number of fused-ring (bicyclic) bond motifs is 1. The molecule has 4 rings (SSSR count). The van der Waals surface area contributed by atoms with Gasteiger partial charge in [-0.1, -0.05) is 36.8 Å². The first-order chi connectivity index (χ1) is 16.4. The van der Waals surface area contributed by atoms with Gasteiger partial charge < -0.3 is 14.5 Å². The fourth-order valence-corrected chi connectivity index (χ4v) is 5.42. The van der Waals surface area contributed by atoms with E-state index >= 15 is 0 Å². The average Bonchev–Trinajstić information content (AvgIpc) is 3.42. The van der Waals surface area contributed by atoms with Crippen molar-refractivity contribution in [1.29, 1.82) is 5.26 Å². The molecule has 1 amide bonds. The molecule has 1 aliphatic carbocycles. The van der Waals surface area contributed by atoms with Crippen LogP contribution < -0.4 is 5.32 Å². The van der Waals surface area contributed by atoms with Gasteiger partial charge in [-0.05, 0) is 56.7 Å². The summed E-state index contributed by atoms with van der Waals surface area (Å²) in [6.45, 7) is 6.19. The molecule has 3 aromatic rings. The van der Waals surface area contributed by atoms with E-state index in [1.165, 1.54) is 17.4 Å². The van der Waals surface area contributed by atoms with Gasteiger partial charge in [-0.3, -0.25) is 4.79 Å². The van der Waals surface area contributed by atoms with Crippen LogP contribution in [0.4, 0.5) is 5.00 Å². The molecule has 2 aromatic heterocycles. The van der Waals surface area contributed by atoms with E-state index in [-0.39, 0.29) is 12.2 Å². The van der Waals surface area contributed by atoms with Crippen LogP contribution in [0.5, 0.6) is 0 Å². The van der Waals surface area contributed by atoms with E-state index in [4.69, 9.17) is 9.15 Å². The lowest BCUT2D eigenvalue weighted by molar-refractivity contribution is -0.112. The van der Waals surface area contributed by atoms with Crippen LogP contribution in [-0.2, 0) is 22.4 Å².